The molecule has 2 rings (SSSR count). The van der Waals surface area contributed by atoms with E-state index in [4.69, 9.17) is 4.74 Å². The zero-order chi connectivity index (χ0) is 20.2. The third-order valence-corrected chi connectivity index (χ3v) is 4.55. The van der Waals surface area contributed by atoms with Gasteiger partial charge in [-0.05, 0) is 37.7 Å². The van der Waals surface area contributed by atoms with Crippen molar-refractivity contribution in [3.8, 4) is 0 Å². The van der Waals surface area contributed by atoms with Crippen LogP contribution >= 0.6 is 0 Å². The summed E-state index contributed by atoms with van der Waals surface area (Å²) in [4.78, 5) is 37.1. The first-order valence-electron chi connectivity index (χ1n) is 9.10. The van der Waals surface area contributed by atoms with E-state index in [1.807, 2.05) is 33.8 Å². The van der Waals surface area contributed by atoms with Gasteiger partial charge in [-0.1, -0.05) is 32.9 Å². The third-order valence-electron chi connectivity index (χ3n) is 4.55. The standard InChI is InChI=1S/C20H26N2O5/c1-5-21(15-8-6-7-9-15)18(23)13-27-19(24)14-10-11-16(20(2,3)4)17(12-14)22(25)26/h8,10-12H,5-7,9,13H2,1-4H3. The first-order valence-corrected chi connectivity index (χ1v) is 9.10. The smallest absolute Gasteiger partial charge is 0.338 e. The largest absolute Gasteiger partial charge is 0.452 e. The lowest BCUT2D eigenvalue weighted by atomic mass is 9.85. The lowest BCUT2D eigenvalue weighted by Gasteiger charge is -2.22. The Labute approximate surface area is 159 Å². The van der Waals surface area contributed by atoms with E-state index >= 15 is 0 Å². The molecule has 1 amide bonds. The van der Waals surface area contributed by atoms with E-state index in [1.165, 1.54) is 12.1 Å². The van der Waals surface area contributed by atoms with Gasteiger partial charge in [0.1, 0.15) is 0 Å². The number of ether oxygens (including phenoxy) is 1. The molecule has 27 heavy (non-hydrogen) atoms. The molecule has 7 heteroatoms. The number of rotatable bonds is 6. The number of amides is 1. The second-order valence-electron chi connectivity index (χ2n) is 7.54. The average Bonchev–Trinajstić information content (AvgIpc) is 3.13. The predicted octanol–water partition coefficient (Wildman–Crippen LogP) is 3.97. The van der Waals surface area contributed by atoms with Gasteiger partial charge in [-0.15, -0.1) is 0 Å². The molecule has 0 N–H and O–H groups in total. The Bertz CT molecular complexity index is 777. The maximum Gasteiger partial charge on any atom is 0.338 e. The van der Waals surface area contributed by atoms with E-state index in [2.05, 4.69) is 0 Å². The van der Waals surface area contributed by atoms with Crippen LogP contribution in [-0.2, 0) is 14.9 Å². The number of nitro benzene ring substituents is 1. The first kappa shape index (κ1) is 20.6. The molecule has 0 spiro atoms. The Morgan fingerprint density at radius 3 is 2.52 bits per heavy atom. The highest BCUT2D eigenvalue weighted by molar-refractivity contribution is 5.92. The van der Waals surface area contributed by atoms with Gasteiger partial charge in [-0.25, -0.2) is 4.79 Å². The lowest BCUT2D eigenvalue weighted by molar-refractivity contribution is -0.386. The van der Waals surface area contributed by atoms with Crippen LogP contribution in [0.5, 0.6) is 0 Å². The summed E-state index contributed by atoms with van der Waals surface area (Å²) in [6.07, 6.45) is 4.83. The Morgan fingerprint density at radius 2 is 2.00 bits per heavy atom. The highest BCUT2D eigenvalue weighted by atomic mass is 16.6. The molecule has 0 unspecified atom stereocenters. The fourth-order valence-electron chi connectivity index (χ4n) is 3.17. The molecule has 0 bridgehead atoms. The molecule has 0 aliphatic heterocycles. The van der Waals surface area contributed by atoms with Gasteiger partial charge in [0.2, 0.25) is 0 Å². The molecule has 1 aromatic rings. The molecular weight excluding hydrogens is 348 g/mol. The fourth-order valence-corrected chi connectivity index (χ4v) is 3.17. The van der Waals surface area contributed by atoms with E-state index in [-0.39, 0.29) is 17.2 Å². The van der Waals surface area contributed by atoms with Crippen LogP contribution in [0.1, 0.15) is 62.9 Å². The summed E-state index contributed by atoms with van der Waals surface area (Å²) in [5, 5.41) is 11.4. The number of hydrogen-bond acceptors (Lipinski definition) is 5. The second kappa shape index (κ2) is 8.33. The van der Waals surface area contributed by atoms with Crippen molar-refractivity contribution in [3.63, 3.8) is 0 Å². The van der Waals surface area contributed by atoms with Crippen molar-refractivity contribution >= 4 is 17.6 Å². The number of carbonyl (C=O) groups excluding carboxylic acids is 2. The van der Waals surface area contributed by atoms with Gasteiger partial charge in [0.25, 0.3) is 11.6 Å². The predicted molar refractivity (Wildman–Crippen MR) is 101 cm³/mol. The van der Waals surface area contributed by atoms with Crippen molar-refractivity contribution in [2.75, 3.05) is 13.2 Å². The van der Waals surface area contributed by atoms with Crippen molar-refractivity contribution in [1.29, 1.82) is 0 Å². The molecule has 7 nitrogen and oxygen atoms in total. The van der Waals surface area contributed by atoms with Crippen LogP contribution in [0.25, 0.3) is 0 Å². The van der Waals surface area contributed by atoms with E-state index < -0.39 is 22.9 Å². The van der Waals surface area contributed by atoms with Gasteiger partial charge < -0.3 is 9.64 Å². The molecule has 0 fully saturated rings. The first-order chi connectivity index (χ1) is 12.6. The molecule has 0 heterocycles. The maximum absolute atomic E-state index is 12.4. The molecule has 0 aromatic heterocycles. The van der Waals surface area contributed by atoms with Gasteiger partial charge in [0, 0.05) is 23.9 Å². The lowest BCUT2D eigenvalue weighted by Crippen LogP contribution is -2.33. The SMILES string of the molecule is CCN(C(=O)COC(=O)c1ccc(C(C)(C)C)c([N+](=O)[O-])c1)C1=CCCC1. The Hall–Kier alpha value is -2.70. The van der Waals surface area contributed by atoms with Gasteiger partial charge in [-0.2, -0.15) is 0 Å². The van der Waals surface area contributed by atoms with E-state index in [0.29, 0.717) is 12.1 Å². The number of allylic oxidation sites excluding steroid dienone is 2. The van der Waals surface area contributed by atoms with Crippen LogP contribution in [0.3, 0.4) is 0 Å². The minimum Gasteiger partial charge on any atom is -0.452 e. The van der Waals surface area contributed by atoms with Crippen molar-refractivity contribution in [3.05, 3.63) is 51.2 Å². The minimum atomic E-state index is -0.747. The number of benzene rings is 1. The van der Waals surface area contributed by atoms with Crippen LogP contribution in [0.15, 0.2) is 30.0 Å². The number of likely N-dealkylation sites (N-methyl/N-ethyl adjacent to an activating group) is 1. The van der Waals surface area contributed by atoms with Crippen LogP contribution in [0, 0.1) is 10.1 Å². The second-order valence-corrected chi connectivity index (χ2v) is 7.54. The number of esters is 1. The van der Waals surface area contributed by atoms with Crippen molar-refractivity contribution in [1.82, 2.24) is 4.90 Å². The topological polar surface area (TPSA) is 89.8 Å². The molecule has 0 atom stereocenters. The summed E-state index contributed by atoms with van der Waals surface area (Å²) in [6, 6.07) is 4.28. The van der Waals surface area contributed by atoms with Gasteiger partial charge in [-0.3, -0.25) is 14.9 Å². The molecule has 1 aliphatic carbocycles. The Morgan fingerprint density at radius 1 is 1.30 bits per heavy atom. The highest BCUT2D eigenvalue weighted by Crippen LogP contribution is 2.32. The zero-order valence-electron chi connectivity index (χ0n) is 16.3. The molecular formula is C20H26N2O5. The number of nitrogens with zero attached hydrogens (tertiary/aromatic N) is 2. The number of carbonyl (C=O) groups is 2. The molecule has 0 saturated carbocycles. The van der Waals surface area contributed by atoms with E-state index in [0.717, 1.165) is 25.0 Å². The summed E-state index contributed by atoms with van der Waals surface area (Å²) < 4.78 is 5.11. The summed E-state index contributed by atoms with van der Waals surface area (Å²) in [5.41, 5.74) is 0.992. The highest BCUT2D eigenvalue weighted by Gasteiger charge is 2.27. The van der Waals surface area contributed by atoms with Crippen LogP contribution < -0.4 is 0 Å². The van der Waals surface area contributed by atoms with Crippen molar-refractivity contribution in [2.45, 2.75) is 52.4 Å². The monoisotopic (exact) mass is 374 g/mol. The van der Waals surface area contributed by atoms with Gasteiger partial charge >= 0.3 is 5.97 Å². The minimum absolute atomic E-state index is 0.0608. The molecule has 1 aromatic carbocycles. The number of nitro groups is 1. The van der Waals surface area contributed by atoms with Gasteiger partial charge in [0.15, 0.2) is 6.61 Å². The van der Waals surface area contributed by atoms with Crippen LogP contribution in [0.2, 0.25) is 0 Å². The fraction of sp³-hybridized carbons (Fsp3) is 0.500. The quantitative estimate of drug-likeness (QED) is 0.427. The summed E-state index contributed by atoms with van der Waals surface area (Å²) in [5.74, 6) is -1.04. The summed E-state index contributed by atoms with van der Waals surface area (Å²) in [7, 11) is 0. The summed E-state index contributed by atoms with van der Waals surface area (Å²) in [6.45, 7) is 7.58. The average molecular weight is 374 g/mol. The third kappa shape index (κ3) is 4.93. The normalized spacial score (nSPS) is 13.9. The van der Waals surface area contributed by atoms with Crippen LogP contribution in [-0.4, -0.2) is 34.9 Å². The molecule has 0 saturated heterocycles. The van der Waals surface area contributed by atoms with Crippen LogP contribution in [0.4, 0.5) is 5.69 Å². The molecule has 1 aliphatic rings. The Balaban J connectivity index is 2.10. The van der Waals surface area contributed by atoms with E-state index in [9.17, 15) is 19.7 Å². The van der Waals surface area contributed by atoms with Crippen molar-refractivity contribution in [2.24, 2.45) is 0 Å². The maximum atomic E-state index is 12.4. The Kier molecular flexibility index (Phi) is 6.36. The van der Waals surface area contributed by atoms with Gasteiger partial charge in [0.05, 0.1) is 10.5 Å². The zero-order valence-corrected chi connectivity index (χ0v) is 16.3. The molecule has 146 valence electrons. The molecule has 0 radical (unpaired) electrons. The summed E-state index contributed by atoms with van der Waals surface area (Å²) >= 11 is 0. The number of hydrogen-bond donors (Lipinski definition) is 0. The van der Waals surface area contributed by atoms with Crippen molar-refractivity contribution < 1.29 is 19.2 Å². The van der Waals surface area contributed by atoms with E-state index in [1.54, 1.807) is 11.0 Å².